The van der Waals surface area contributed by atoms with E-state index in [1.807, 2.05) is 30.3 Å². The molecule has 1 aromatic rings. The predicted octanol–water partition coefficient (Wildman–Crippen LogP) is 4.85. The van der Waals surface area contributed by atoms with Crippen molar-refractivity contribution < 1.29 is 19.1 Å². The van der Waals surface area contributed by atoms with Crippen molar-refractivity contribution in [2.45, 2.75) is 33.0 Å². The van der Waals surface area contributed by atoms with Crippen LogP contribution in [-0.4, -0.2) is 54.4 Å². The average Bonchev–Trinajstić information content (AvgIpc) is 2.71. The van der Waals surface area contributed by atoms with Gasteiger partial charge in [0.1, 0.15) is 12.2 Å². The van der Waals surface area contributed by atoms with Gasteiger partial charge in [-0.25, -0.2) is 9.59 Å². The number of hydrogen-bond donors (Lipinski definition) is 0. The molecule has 0 aliphatic carbocycles. The van der Waals surface area contributed by atoms with E-state index in [-0.39, 0.29) is 18.0 Å². The summed E-state index contributed by atoms with van der Waals surface area (Å²) in [5, 5.41) is 9.72. The van der Waals surface area contributed by atoms with Crippen molar-refractivity contribution in [3.8, 4) is 0 Å². The first-order valence-corrected chi connectivity index (χ1v) is 10.8. The van der Waals surface area contributed by atoms with E-state index in [0.29, 0.717) is 6.54 Å². The monoisotopic (exact) mass is 444 g/mol. The van der Waals surface area contributed by atoms with Gasteiger partial charge < -0.3 is 9.47 Å². The highest BCUT2D eigenvalue weighted by Crippen LogP contribution is 2.10. The number of ether oxygens (including phenoxy) is 2. The van der Waals surface area contributed by atoms with E-state index in [4.69, 9.17) is 9.47 Å². The summed E-state index contributed by atoms with van der Waals surface area (Å²) >= 11 is 0. The van der Waals surface area contributed by atoms with Crippen LogP contribution in [0, 0.1) is 0 Å². The average molecular weight is 444 g/mol. The van der Waals surface area contributed by atoms with Crippen molar-refractivity contribution >= 4 is 32.3 Å². The number of aliphatic imine (C=N–C) groups is 1. The predicted molar refractivity (Wildman–Crippen MR) is 125 cm³/mol. The van der Waals surface area contributed by atoms with E-state index in [1.165, 1.54) is 12.2 Å². The summed E-state index contributed by atoms with van der Waals surface area (Å²) in [6.07, 6.45) is 6.35. The number of esters is 1. The number of carbonyl (C=O) groups excluding carboxylic acids is 2. The third kappa shape index (κ3) is 11.6. The van der Waals surface area contributed by atoms with Crippen LogP contribution in [0.3, 0.4) is 0 Å². The van der Waals surface area contributed by atoms with Gasteiger partial charge in [0.15, 0.2) is 5.71 Å². The Labute approximate surface area is 185 Å². The van der Waals surface area contributed by atoms with Gasteiger partial charge in [-0.2, -0.15) is 4.99 Å². The standard InChI is InChI=1S/C22H29N4O4P/c1-7-18(24-25-26(5)13-14-31-6)15-19(23-21(28)30-22(2,3)4)20(27)29-16-17-11-9-8-10-12-17/h7-12,15H,1,6,13-14,16H2,2-5H3/b18-15-,23-19?,25-24?. The summed E-state index contributed by atoms with van der Waals surface area (Å²) in [7, 11) is 2.76. The molecule has 0 unspecified atom stereocenters. The molecule has 1 amide bonds. The van der Waals surface area contributed by atoms with Crippen LogP contribution < -0.4 is 0 Å². The fraction of sp³-hybridized carbons (Fsp3) is 0.364. The van der Waals surface area contributed by atoms with E-state index in [0.717, 1.165) is 19.9 Å². The molecule has 9 heteroatoms. The maximum atomic E-state index is 12.6. The molecule has 0 heterocycles. The van der Waals surface area contributed by atoms with E-state index in [1.54, 1.807) is 32.8 Å². The Hall–Kier alpha value is -3.12. The molecule has 1 rings (SSSR count). The summed E-state index contributed by atoms with van der Waals surface area (Å²) < 4.78 is 10.5. The lowest BCUT2D eigenvalue weighted by molar-refractivity contribution is -0.136. The van der Waals surface area contributed by atoms with Crippen LogP contribution in [0.4, 0.5) is 4.79 Å². The molecule has 31 heavy (non-hydrogen) atoms. The van der Waals surface area contributed by atoms with Gasteiger partial charge in [0.25, 0.3) is 0 Å². The lowest BCUT2D eigenvalue weighted by atomic mass is 10.2. The minimum absolute atomic E-state index is 0.0266. The molecule has 0 saturated heterocycles. The number of amides is 1. The van der Waals surface area contributed by atoms with Gasteiger partial charge in [0.05, 0.1) is 5.70 Å². The number of rotatable bonds is 10. The summed E-state index contributed by atoms with van der Waals surface area (Å²) in [6, 6.07) is 9.16. The molecular weight excluding hydrogens is 415 g/mol. The summed E-state index contributed by atoms with van der Waals surface area (Å²) in [4.78, 5) is 28.5. The molecule has 0 spiro atoms. The Balaban J connectivity index is 3.08. The molecule has 0 bridgehead atoms. The lowest BCUT2D eigenvalue weighted by Crippen LogP contribution is -2.24. The third-order valence-electron chi connectivity index (χ3n) is 3.42. The zero-order valence-electron chi connectivity index (χ0n) is 18.4. The first kappa shape index (κ1) is 25.9. The van der Waals surface area contributed by atoms with Crippen LogP contribution in [0.15, 0.2) is 70.1 Å². The van der Waals surface area contributed by atoms with E-state index in [9.17, 15) is 9.59 Å². The normalized spacial score (nSPS) is 12.6. The zero-order chi connectivity index (χ0) is 23.3. The largest absolute Gasteiger partial charge is 0.456 e. The molecule has 0 aliphatic rings. The Bertz CT molecular complexity index is 858. The van der Waals surface area contributed by atoms with Crippen LogP contribution >= 0.6 is 8.20 Å². The molecule has 0 aromatic heterocycles. The number of nitrogens with zero attached hydrogens (tertiary/aromatic N) is 4. The number of benzene rings is 1. The molecule has 0 radical (unpaired) electrons. The molecule has 166 valence electrons. The van der Waals surface area contributed by atoms with Crippen LogP contribution in [0.2, 0.25) is 0 Å². The van der Waals surface area contributed by atoms with Gasteiger partial charge in [-0.3, -0.25) is 5.01 Å². The SMILES string of the molecule is C=C/C(=C/C(=NC(=O)OC(C)(C)C)C(=O)OCc1ccccc1)N=NN(C)CCP=C. The van der Waals surface area contributed by atoms with Gasteiger partial charge in [-0.1, -0.05) is 48.4 Å². The topological polar surface area (TPSA) is 92.9 Å². The van der Waals surface area contributed by atoms with Crippen molar-refractivity contribution in [1.29, 1.82) is 0 Å². The fourth-order valence-electron chi connectivity index (χ4n) is 1.97. The summed E-state index contributed by atoms with van der Waals surface area (Å²) in [5.74, 6) is -0.798. The van der Waals surface area contributed by atoms with Crippen LogP contribution in [-0.2, 0) is 20.9 Å². The number of allylic oxidation sites excluding steroid dienone is 1. The van der Waals surface area contributed by atoms with Gasteiger partial charge in [-0.15, -0.1) is 13.3 Å². The fourth-order valence-corrected chi connectivity index (χ4v) is 2.40. The van der Waals surface area contributed by atoms with Crippen LogP contribution in [0.5, 0.6) is 0 Å². The van der Waals surface area contributed by atoms with Gasteiger partial charge >= 0.3 is 12.1 Å². The molecule has 0 N–H and O–H groups in total. The Morgan fingerprint density at radius 1 is 1.23 bits per heavy atom. The molecule has 1 aromatic carbocycles. The van der Waals surface area contributed by atoms with E-state index < -0.39 is 17.7 Å². The molecule has 0 aliphatic heterocycles. The molecule has 0 fully saturated rings. The second-order valence-electron chi connectivity index (χ2n) is 7.33. The van der Waals surface area contributed by atoms with Crippen molar-refractivity contribution in [2.24, 2.45) is 15.3 Å². The first-order valence-electron chi connectivity index (χ1n) is 9.56. The molecule has 0 saturated carbocycles. The second-order valence-corrected chi connectivity index (χ2v) is 8.22. The van der Waals surface area contributed by atoms with Crippen molar-refractivity contribution in [3.05, 3.63) is 60.3 Å². The molecular formula is C22H29N4O4P. The van der Waals surface area contributed by atoms with Crippen LogP contribution in [0.1, 0.15) is 26.3 Å². The van der Waals surface area contributed by atoms with E-state index >= 15 is 0 Å². The summed E-state index contributed by atoms with van der Waals surface area (Å²) in [5.41, 5.74) is 0.00269. The van der Waals surface area contributed by atoms with Gasteiger partial charge in [0.2, 0.25) is 0 Å². The highest BCUT2D eigenvalue weighted by Gasteiger charge is 2.19. The Morgan fingerprint density at radius 3 is 2.48 bits per heavy atom. The quantitative estimate of drug-likeness (QED) is 0.128. The summed E-state index contributed by atoms with van der Waals surface area (Å²) in [6.45, 7) is 9.47. The zero-order valence-corrected chi connectivity index (χ0v) is 19.3. The van der Waals surface area contributed by atoms with Crippen molar-refractivity contribution in [3.63, 3.8) is 0 Å². The van der Waals surface area contributed by atoms with Crippen molar-refractivity contribution in [2.75, 3.05) is 19.8 Å². The highest BCUT2D eigenvalue weighted by atomic mass is 31.1. The first-order chi connectivity index (χ1) is 14.6. The Morgan fingerprint density at radius 2 is 1.90 bits per heavy atom. The maximum Gasteiger partial charge on any atom is 0.434 e. The van der Waals surface area contributed by atoms with E-state index in [2.05, 4.69) is 28.2 Å². The second kappa shape index (κ2) is 13.2. The lowest BCUT2D eigenvalue weighted by Gasteiger charge is -2.17. The maximum absolute atomic E-state index is 12.6. The molecule has 0 atom stereocenters. The minimum atomic E-state index is -0.915. The van der Waals surface area contributed by atoms with Crippen molar-refractivity contribution in [1.82, 2.24) is 5.01 Å². The number of carbonyl (C=O) groups is 2. The third-order valence-corrected chi connectivity index (χ3v) is 3.93. The molecule has 8 nitrogen and oxygen atoms in total. The smallest absolute Gasteiger partial charge is 0.434 e. The van der Waals surface area contributed by atoms with Crippen LogP contribution in [0.25, 0.3) is 0 Å². The Kier molecular flexibility index (Phi) is 11.1. The van der Waals surface area contributed by atoms with Gasteiger partial charge in [0, 0.05) is 19.8 Å². The number of hydrogen-bond acceptors (Lipinski definition) is 6. The minimum Gasteiger partial charge on any atom is -0.456 e. The van der Waals surface area contributed by atoms with Gasteiger partial charge in [-0.05, 0) is 38.5 Å². The highest BCUT2D eigenvalue weighted by molar-refractivity contribution is 7.36.